The number of rotatable bonds is 4. The number of phenols is 1. The fourth-order valence-corrected chi connectivity index (χ4v) is 11.2. The number of hydrogen-bond acceptors (Lipinski definition) is 5. The third kappa shape index (κ3) is 4.13. The van der Waals surface area contributed by atoms with Crippen LogP contribution in [0.5, 0.6) is 11.5 Å². The highest BCUT2D eigenvalue weighted by atomic mass is 31.1. The van der Waals surface area contributed by atoms with Crippen LogP contribution in [0.2, 0.25) is 0 Å². The molecule has 4 unspecified atom stereocenters. The smallest absolute Gasteiger partial charge is 0.166 e. The molecule has 5 nitrogen and oxygen atoms in total. The number of methoxy groups -OCH3 is 1. The first-order chi connectivity index (χ1) is 16.4. The van der Waals surface area contributed by atoms with Gasteiger partial charge in [0.15, 0.2) is 11.5 Å². The number of aromatic hydroxyl groups is 1. The Hall–Kier alpha value is -0.870. The lowest BCUT2D eigenvalue weighted by Crippen LogP contribution is -2.65. The molecule has 3 aliphatic heterocycles. The molecular weight excluding hydrogens is 457 g/mol. The summed E-state index contributed by atoms with van der Waals surface area (Å²) in [5.74, 6) is 2.16. The van der Waals surface area contributed by atoms with Gasteiger partial charge in [0, 0.05) is 37.5 Å². The number of benzene rings is 1. The number of hydrogen-bond donors (Lipinski definition) is 2. The quantitative estimate of drug-likeness (QED) is 0.487. The van der Waals surface area contributed by atoms with Crippen LogP contribution >= 0.6 is 7.92 Å². The van der Waals surface area contributed by atoms with Crippen molar-refractivity contribution in [2.75, 3.05) is 26.4 Å². The fraction of sp³-hybridized carbons (Fsp3) is 0.793. The van der Waals surface area contributed by atoms with Crippen molar-refractivity contribution >= 4 is 7.92 Å². The average molecular weight is 506 g/mol. The van der Waals surface area contributed by atoms with Gasteiger partial charge in [0.1, 0.15) is 12.2 Å². The van der Waals surface area contributed by atoms with Gasteiger partial charge < -0.3 is 19.7 Å². The first-order valence-electron chi connectivity index (χ1n) is 13.7. The molecule has 198 valence electrons. The van der Waals surface area contributed by atoms with Crippen molar-refractivity contribution in [3.63, 3.8) is 0 Å². The summed E-state index contributed by atoms with van der Waals surface area (Å²) < 4.78 is 12.9. The van der Waals surface area contributed by atoms with E-state index in [4.69, 9.17) is 9.47 Å². The molecule has 6 heteroatoms. The van der Waals surface area contributed by atoms with Crippen molar-refractivity contribution < 1.29 is 19.7 Å². The van der Waals surface area contributed by atoms with E-state index in [1.54, 1.807) is 13.2 Å². The van der Waals surface area contributed by atoms with Gasteiger partial charge in [-0.1, -0.05) is 48.6 Å². The summed E-state index contributed by atoms with van der Waals surface area (Å²) >= 11 is 0. The Kier molecular flexibility index (Phi) is 7.34. The SMILES string of the molecule is CC.COC1[C@@H]2Oc3c(O)ccc(C)c3C23CCN(CC2CC2)C(C)P3C[C@@H]1[C@](C)(O)C(C)(C)C. The molecule has 0 bridgehead atoms. The molecular formula is C29H48NO4P. The number of ether oxygens (including phenoxy) is 2. The van der Waals surface area contributed by atoms with Crippen LogP contribution in [0.1, 0.15) is 78.9 Å². The van der Waals surface area contributed by atoms with Gasteiger partial charge in [0.25, 0.3) is 0 Å². The summed E-state index contributed by atoms with van der Waals surface area (Å²) in [4.78, 5) is 2.72. The van der Waals surface area contributed by atoms with E-state index in [0.717, 1.165) is 25.0 Å². The standard InChI is InChI=1S/C27H42NO4P.C2H6/c1-16-8-11-20(29)23-21(16)27-12-13-28(14-18-9-10-18)17(2)33(27)15-19(22(31-7)24(27)32-23)26(6,30)25(3,4)5;1-2/h8,11,17-19,22,24,29-30H,9-10,12-15H2,1-7H3;1-2H3/t17?,19-,22?,24-,26-,27?,33?;/m0./s1. The Bertz CT molecular complexity index is 924. The minimum Gasteiger partial charge on any atom is -0.504 e. The van der Waals surface area contributed by atoms with Gasteiger partial charge in [-0.3, -0.25) is 4.90 Å². The summed E-state index contributed by atoms with van der Waals surface area (Å²) in [6, 6.07) is 3.81. The van der Waals surface area contributed by atoms with E-state index < -0.39 is 13.5 Å². The third-order valence-corrected chi connectivity index (χ3v) is 13.3. The van der Waals surface area contributed by atoms with Crippen LogP contribution in [0.3, 0.4) is 0 Å². The highest BCUT2D eigenvalue weighted by molar-refractivity contribution is 7.59. The second-order valence-corrected chi connectivity index (χ2v) is 15.1. The molecule has 4 aliphatic rings. The van der Waals surface area contributed by atoms with Crippen molar-refractivity contribution in [2.45, 2.75) is 103 Å². The van der Waals surface area contributed by atoms with Gasteiger partial charge >= 0.3 is 0 Å². The van der Waals surface area contributed by atoms with Crippen LogP contribution < -0.4 is 4.74 Å². The summed E-state index contributed by atoms with van der Waals surface area (Å²) in [6.45, 7) is 19.2. The molecule has 0 aromatic heterocycles. The van der Waals surface area contributed by atoms with E-state index in [-0.39, 0.29) is 34.4 Å². The molecule has 3 fully saturated rings. The van der Waals surface area contributed by atoms with Crippen LogP contribution in [0.4, 0.5) is 0 Å². The zero-order chi connectivity index (χ0) is 25.9. The molecule has 1 saturated carbocycles. The molecule has 1 aromatic rings. The van der Waals surface area contributed by atoms with E-state index in [0.29, 0.717) is 11.5 Å². The van der Waals surface area contributed by atoms with Crippen LogP contribution in [0, 0.1) is 24.2 Å². The van der Waals surface area contributed by atoms with E-state index in [1.807, 2.05) is 26.8 Å². The molecule has 2 saturated heterocycles. The van der Waals surface area contributed by atoms with Gasteiger partial charge in [-0.05, 0) is 69.2 Å². The zero-order valence-electron chi connectivity index (χ0n) is 23.4. The van der Waals surface area contributed by atoms with Gasteiger partial charge in [0.2, 0.25) is 0 Å². The van der Waals surface area contributed by atoms with Crippen LogP contribution in [0.25, 0.3) is 0 Å². The maximum absolute atomic E-state index is 11.9. The van der Waals surface area contributed by atoms with Crippen molar-refractivity contribution in [1.82, 2.24) is 4.90 Å². The Morgan fingerprint density at radius 3 is 2.43 bits per heavy atom. The lowest BCUT2D eigenvalue weighted by atomic mass is 9.66. The first-order valence-corrected chi connectivity index (χ1v) is 15.3. The van der Waals surface area contributed by atoms with E-state index in [2.05, 4.69) is 39.5 Å². The largest absolute Gasteiger partial charge is 0.504 e. The maximum atomic E-state index is 11.9. The van der Waals surface area contributed by atoms with E-state index in [9.17, 15) is 10.2 Å². The monoisotopic (exact) mass is 505 g/mol. The van der Waals surface area contributed by atoms with Crippen LogP contribution in [-0.4, -0.2) is 65.1 Å². The van der Waals surface area contributed by atoms with Gasteiger partial charge in [-0.25, -0.2) is 0 Å². The Labute approximate surface area is 214 Å². The number of fused-ring (bicyclic) bond motifs is 1. The summed E-state index contributed by atoms with van der Waals surface area (Å²) in [5, 5.41) is 22.6. The second-order valence-electron chi connectivity index (χ2n) is 12.2. The molecule has 3 heterocycles. The zero-order valence-corrected chi connectivity index (χ0v) is 24.3. The third-order valence-electron chi connectivity index (χ3n) is 9.56. The average Bonchev–Trinajstić information content (AvgIpc) is 3.56. The first kappa shape index (κ1) is 27.2. The minimum atomic E-state index is -0.907. The molecule has 35 heavy (non-hydrogen) atoms. The molecule has 5 rings (SSSR count). The predicted molar refractivity (Wildman–Crippen MR) is 145 cm³/mol. The van der Waals surface area contributed by atoms with E-state index >= 15 is 0 Å². The molecule has 1 spiro atoms. The number of aryl methyl sites for hydroxylation is 1. The number of phenolic OH excluding ortho intramolecular Hbond substituents is 1. The molecule has 7 atom stereocenters. The normalized spacial score (nSPS) is 36.1. The lowest BCUT2D eigenvalue weighted by molar-refractivity contribution is -0.153. The second kappa shape index (κ2) is 9.46. The molecule has 1 aliphatic carbocycles. The number of nitrogens with zero attached hydrogens (tertiary/aromatic N) is 1. The van der Waals surface area contributed by atoms with Gasteiger partial charge in [-0.2, -0.15) is 0 Å². The molecule has 0 radical (unpaired) electrons. The summed E-state index contributed by atoms with van der Waals surface area (Å²) in [6.07, 6.45) is 4.29. The lowest BCUT2D eigenvalue weighted by Gasteiger charge is -2.61. The summed E-state index contributed by atoms with van der Waals surface area (Å²) in [5.41, 5.74) is 1.22. The molecule has 2 N–H and O–H groups in total. The molecule has 1 aromatic carbocycles. The van der Waals surface area contributed by atoms with Gasteiger partial charge in [0.05, 0.1) is 10.8 Å². The Balaban J connectivity index is 0.00000141. The van der Waals surface area contributed by atoms with E-state index in [1.165, 1.54) is 30.5 Å². The van der Waals surface area contributed by atoms with Crippen molar-refractivity contribution in [3.8, 4) is 11.5 Å². The Morgan fingerprint density at radius 2 is 1.86 bits per heavy atom. The van der Waals surface area contributed by atoms with Crippen molar-refractivity contribution in [1.29, 1.82) is 0 Å². The van der Waals surface area contributed by atoms with Crippen molar-refractivity contribution in [3.05, 3.63) is 23.3 Å². The highest BCUT2D eigenvalue weighted by Crippen LogP contribution is 2.75. The fourth-order valence-electron chi connectivity index (χ4n) is 6.84. The maximum Gasteiger partial charge on any atom is 0.166 e. The van der Waals surface area contributed by atoms with Crippen LogP contribution in [0.15, 0.2) is 12.1 Å². The highest BCUT2D eigenvalue weighted by Gasteiger charge is 2.67. The summed E-state index contributed by atoms with van der Waals surface area (Å²) in [7, 11) is 1.21. The topological polar surface area (TPSA) is 62.2 Å². The minimum absolute atomic E-state index is 0.0353. The molecule has 0 amide bonds. The number of aliphatic hydroxyl groups is 1. The van der Waals surface area contributed by atoms with Gasteiger partial charge in [-0.15, -0.1) is 0 Å². The predicted octanol–water partition coefficient (Wildman–Crippen LogP) is 6.07. The van der Waals surface area contributed by atoms with Crippen molar-refractivity contribution in [2.24, 2.45) is 17.3 Å². The van der Waals surface area contributed by atoms with Crippen LogP contribution in [-0.2, 0) is 9.89 Å². The Morgan fingerprint density at radius 1 is 1.20 bits per heavy atom.